The van der Waals surface area contributed by atoms with Crippen LogP contribution in [0.3, 0.4) is 0 Å². The zero-order chi connectivity index (χ0) is 14.0. The van der Waals surface area contributed by atoms with Gasteiger partial charge in [0.05, 0.1) is 5.56 Å². The monoisotopic (exact) mass is 308 g/mol. The lowest BCUT2D eigenvalue weighted by Crippen LogP contribution is -2.49. The fourth-order valence-electron chi connectivity index (χ4n) is 2.48. The Labute approximate surface area is 123 Å². The fourth-order valence-corrected chi connectivity index (χ4v) is 2.48. The van der Waals surface area contributed by atoms with Gasteiger partial charge < -0.3 is 5.32 Å². The van der Waals surface area contributed by atoms with E-state index in [1.54, 1.807) is 12.1 Å². The summed E-state index contributed by atoms with van der Waals surface area (Å²) < 4.78 is 37.5. The second-order valence-corrected chi connectivity index (χ2v) is 5.15. The molecule has 2 atom stereocenters. The molecular formula is C14H20ClF3N2. The van der Waals surface area contributed by atoms with Gasteiger partial charge in [-0.3, -0.25) is 4.90 Å². The maximum absolute atomic E-state index is 12.5. The average Bonchev–Trinajstić information content (AvgIpc) is 2.37. The van der Waals surface area contributed by atoms with Crippen molar-refractivity contribution < 1.29 is 13.2 Å². The molecule has 114 valence electrons. The number of halogens is 4. The lowest BCUT2D eigenvalue weighted by molar-refractivity contribution is -0.137. The van der Waals surface area contributed by atoms with E-state index in [1.807, 2.05) is 6.92 Å². The summed E-state index contributed by atoms with van der Waals surface area (Å²) in [5.41, 5.74) is 0.347. The second kappa shape index (κ2) is 6.78. The van der Waals surface area contributed by atoms with E-state index in [1.165, 1.54) is 0 Å². The van der Waals surface area contributed by atoms with Gasteiger partial charge in [0.25, 0.3) is 0 Å². The van der Waals surface area contributed by atoms with Gasteiger partial charge in [-0.15, -0.1) is 12.4 Å². The molecule has 0 aromatic heterocycles. The molecular weight excluding hydrogens is 289 g/mol. The van der Waals surface area contributed by atoms with Crippen LogP contribution >= 0.6 is 12.4 Å². The summed E-state index contributed by atoms with van der Waals surface area (Å²) >= 11 is 0. The van der Waals surface area contributed by atoms with Gasteiger partial charge in [-0.1, -0.05) is 12.1 Å². The predicted molar refractivity (Wildman–Crippen MR) is 76.1 cm³/mol. The smallest absolute Gasteiger partial charge is 0.312 e. The molecule has 0 bridgehead atoms. The summed E-state index contributed by atoms with van der Waals surface area (Å²) in [6.07, 6.45) is -4.26. The highest BCUT2D eigenvalue weighted by Gasteiger charge is 2.30. The van der Waals surface area contributed by atoms with Crippen LogP contribution in [0, 0.1) is 0 Å². The molecule has 20 heavy (non-hydrogen) atoms. The first kappa shape index (κ1) is 17.3. The first-order valence-corrected chi connectivity index (χ1v) is 6.52. The van der Waals surface area contributed by atoms with E-state index in [-0.39, 0.29) is 18.4 Å². The van der Waals surface area contributed by atoms with Crippen LogP contribution in [0.1, 0.15) is 31.0 Å². The molecule has 1 saturated heterocycles. The van der Waals surface area contributed by atoms with Crippen molar-refractivity contribution in [3.8, 4) is 0 Å². The summed E-state index contributed by atoms with van der Waals surface area (Å²) in [6, 6.07) is 6.06. The molecule has 0 saturated carbocycles. The van der Waals surface area contributed by atoms with Gasteiger partial charge in [0.15, 0.2) is 0 Å². The Bertz CT molecular complexity index is 419. The molecule has 0 amide bonds. The van der Waals surface area contributed by atoms with Crippen molar-refractivity contribution in [2.75, 3.05) is 19.6 Å². The number of benzene rings is 1. The highest BCUT2D eigenvalue weighted by Crippen LogP contribution is 2.30. The van der Waals surface area contributed by atoms with Gasteiger partial charge in [0, 0.05) is 31.7 Å². The SMILES string of the molecule is CC1CN(C(C)c2ccc(C(F)(F)F)cc2)CCN1.Cl. The molecule has 2 rings (SSSR count). The maximum Gasteiger partial charge on any atom is 0.416 e. The molecule has 2 unspecified atom stereocenters. The topological polar surface area (TPSA) is 15.3 Å². The first-order chi connectivity index (χ1) is 8.88. The van der Waals surface area contributed by atoms with Crippen molar-refractivity contribution in [2.24, 2.45) is 0 Å². The maximum atomic E-state index is 12.5. The van der Waals surface area contributed by atoms with E-state index in [0.29, 0.717) is 6.04 Å². The number of nitrogens with one attached hydrogen (secondary N) is 1. The van der Waals surface area contributed by atoms with Crippen molar-refractivity contribution in [1.29, 1.82) is 0 Å². The third-order valence-electron chi connectivity index (χ3n) is 3.67. The fraction of sp³-hybridized carbons (Fsp3) is 0.571. The normalized spacial score (nSPS) is 22.1. The number of alkyl halides is 3. The summed E-state index contributed by atoms with van der Waals surface area (Å²) in [5.74, 6) is 0. The summed E-state index contributed by atoms with van der Waals surface area (Å²) in [7, 11) is 0. The standard InChI is InChI=1S/C14H19F3N2.ClH/c1-10-9-19(8-7-18-10)11(2)12-3-5-13(6-4-12)14(15,16)17;/h3-6,10-11,18H,7-9H2,1-2H3;1H. The Morgan fingerprint density at radius 3 is 2.35 bits per heavy atom. The highest BCUT2D eigenvalue weighted by atomic mass is 35.5. The minimum absolute atomic E-state index is 0. The number of hydrogen-bond donors (Lipinski definition) is 1. The van der Waals surface area contributed by atoms with Crippen molar-refractivity contribution in [1.82, 2.24) is 10.2 Å². The van der Waals surface area contributed by atoms with Crippen LogP contribution in [0.2, 0.25) is 0 Å². The summed E-state index contributed by atoms with van der Waals surface area (Å²) in [6.45, 7) is 6.92. The van der Waals surface area contributed by atoms with Gasteiger partial charge in [-0.2, -0.15) is 13.2 Å². The number of piperazine rings is 1. The second-order valence-electron chi connectivity index (χ2n) is 5.15. The molecule has 1 aliphatic heterocycles. The zero-order valence-corrected chi connectivity index (χ0v) is 12.4. The van der Waals surface area contributed by atoms with E-state index in [9.17, 15) is 13.2 Å². The molecule has 1 aromatic carbocycles. The largest absolute Gasteiger partial charge is 0.416 e. The van der Waals surface area contributed by atoms with E-state index >= 15 is 0 Å². The van der Waals surface area contributed by atoms with E-state index < -0.39 is 11.7 Å². The Kier molecular flexibility index (Phi) is 5.86. The minimum Gasteiger partial charge on any atom is -0.312 e. The van der Waals surface area contributed by atoms with Gasteiger partial charge in [-0.05, 0) is 31.5 Å². The van der Waals surface area contributed by atoms with E-state index in [0.717, 1.165) is 37.3 Å². The molecule has 2 nitrogen and oxygen atoms in total. The van der Waals surface area contributed by atoms with Crippen molar-refractivity contribution in [3.63, 3.8) is 0 Å². The van der Waals surface area contributed by atoms with Gasteiger partial charge >= 0.3 is 6.18 Å². The van der Waals surface area contributed by atoms with Crippen LogP contribution in [0.4, 0.5) is 13.2 Å². The molecule has 0 spiro atoms. The van der Waals surface area contributed by atoms with Crippen molar-refractivity contribution >= 4 is 12.4 Å². The van der Waals surface area contributed by atoms with Gasteiger partial charge in [0.2, 0.25) is 0 Å². The quantitative estimate of drug-likeness (QED) is 0.900. The molecule has 1 N–H and O–H groups in total. The lowest BCUT2D eigenvalue weighted by Gasteiger charge is -2.36. The first-order valence-electron chi connectivity index (χ1n) is 6.52. The lowest BCUT2D eigenvalue weighted by atomic mass is 10.0. The molecule has 1 heterocycles. The number of hydrogen-bond acceptors (Lipinski definition) is 2. The zero-order valence-electron chi connectivity index (χ0n) is 11.6. The third kappa shape index (κ3) is 4.11. The van der Waals surface area contributed by atoms with Crippen LogP contribution in [-0.4, -0.2) is 30.6 Å². The molecule has 1 aromatic rings. The van der Waals surface area contributed by atoms with Crippen LogP contribution in [0.25, 0.3) is 0 Å². The molecule has 0 aliphatic carbocycles. The molecule has 6 heteroatoms. The predicted octanol–water partition coefficient (Wildman–Crippen LogP) is 3.48. The van der Waals surface area contributed by atoms with Crippen LogP contribution in [0.15, 0.2) is 24.3 Å². The molecule has 0 radical (unpaired) electrons. The van der Waals surface area contributed by atoms with Crippen molar-refractivity contribution in [2.45, 2.75) is 32.1 Å². The third-order valence-corrected chi connectivity index (χ3v) is 3.67. The van der Waals surface area contributed by atoms with Gasteiger partial charge in [-0.25, -0.2) is 0 Å². The molecule has 1 aliphatic rings. The average molecular weight is 309 g/mol. The van der Waals surface area contributed by atoms with Gasteiger partial charge in [0.1, 0.15) is 0 Å². The Balaban J connectivity index is 0.00000200. The minimum atomic E-state index is -4.26. The highest BCUT2D eigenvalue weighted by molar-refractivity contribution is 5.85. The van der Waals surface area contributed by atoms with Crippen LogP contribution in [0.5, 0.6) is 0 Å². The number of nitrogens with zero attached hydrogens (tertiary/aromatic N) is 1. The van der Waals surface area contributed by atoms with E-state index in [4.69, 9.17) is 0 Å². The van der Waals surface area contributed by atoms with Crippen LogP contribution in [-0.2, 0) is 6.18 Å². The molecule has 1 fully saturated rings. The van der Waals surface area contributed by atoms with E-state index in [2.05, 4.69) is 17.1 Å². The summed E-state index contributed by atoms with van der Waals surface area (Å²) in [5, 5.41) is 3.36. The van der Waals surface area contributed by atoms with Crippen molar-refractivity contribution in [3.05, 3.63) is 35.4 Å². The summed E-state index contributed by atoms with van der Waals surface area (Å²) in [4.78, 5) is 2.30. The Morgan fingerprint density at radius 1 is 1.25 bits per heavy atom. The Morgan fingerprint density at radius 2 is 1.85 bits per heavy atom. The van der Waals surface area contributed by atoms with Crippen LogP contribution < -0.4 is 5.32 Å². The number of rotatable bonds is 2. The Hall–Kier alpha value is -0.780.